The Bertz CT molecular complexity index is 837. The molecule has 128 valence electrons. The molecule has 1 atom stereocenters. The molecule has 1 aliphatic rings. The van der Waals surface area contributed by atoms with Crippen molar-refractivity contribution in [3.8, 4) is 0 Å². The van der Waals surface area contributed by atoms with Crippen molar-refractivity contribution < 1.29 is 17.6 Å². The van der Waals surface area contributed by atoms with Crippen LogP contribution in [-0.4, -0.2) is 48.3 Å². The van der Waals surface area contributed by atoms with Gasteiger partial charge in [0.25, 0.3) is 0 Å². The molecule has 1 unspecified atom stereocenters. The summed E-state index contributed by atoms with van der Waals surface area (Å²) in [5.74, 6) is 0.358. The molecule has 0 spiro atoms. The Morgan fingerprint density at radius 3 is 2.88 bits per heavy atom. The maximum Gasteiger partial charge on any atom is 0.247 e. The van der Waals surface area contributed by atoms with Crippen LogP contribution in [0.1, 0.15) is 25.7 Å². The fraction of sp³-hybridized carbons (Fsp3) is 0.412. The zero-order valence-electron chi connectivity index (χ0n) is 13.5. The second kappa shape index (κ2) is 6.76. The predicted molar refractivity (Wildman–Crippen MR) is 92.1 cm³/mol. The van der Waals surface area contributed by atoms with E-state index in [0.717, 1.165) is 11.9 Å². The zero-order valence-corrected chi connectivity index (χ0v) is 14.3. The number of oxazole rings is 1. The number of carbonyl (C=O) groups is 1. The van der Waals surface area contributed by atoms with Crippen LogP contribution in [0.15, 0.2) is 34.8 Å². The summed E-state index contributed by atoms with van der Waals surface area (Å²) in [5, 5.41) is 0. The van der Waals surface area contributed by atoms with E-state index in [2.05, 4.69) is 4.98 Å². The Hall–Kier alpha value is -2.15. The van der Waals surface area contributed by atoms with Gasteiger partial charge in [-0.2, -0.15) is 0 Å². The fourth-order valence-electron chi connectivity index (χ4n) is 2.93. The molecule has 0 saturated carbocycles. The average molecular weight is 348 g/mol. The first-order chi connectivity index (χ1) is 11.5. The monoisotopic (exact) mass is 348 g/mol. The molecule has 0 radical (unpaired) electrons. The van der Waals surface area contributed by atoms with E-state index in [-0.39, 0.29) is 23.5 Å². The van der Waals surface area contributed by atoms with Crippen molar-refractivity contribution in [1.82, 2.24) is 9.88 Å². The van der Waals surface area contributed by atoms with Crippen molar-refractivity contribution in [1.29, 1.82) is 0 Å². The number of hydrogen-bond donors (Lipinski definition) is 0. The van der Waals surface area contributed by atoms with E-state index < -0.39 is 9.84 Å². The predicted octanol–water partition coefficient (Wildman–Crippen LogP) is 2.27. The van der Waals surface area contributed by atoms with Gasteiger partial charge in [-0.1, -0.05) is 19.1 Å². The summed E-state index contributed by atoms with van der Waals surface area (Å²) in [5.41, 5.74) is 1.40. The Morgan fingerprint density at radius 1 is 1.42 bits per heavy atom. The van der Waals surface area contributed by atoms with E-state index >= 15 is 0 Å². The summed E-state index contributed by atoms with van der Waals surface area (Å²) >= 11 is 0. The van der Waals surface area contributed by atoms with Gasteiger partial charge < -0.3 is 9.32 Å². The van der Waals surface area contributed by atoms with E-state index in [0.29, 0.717) is 24.4 Å². The molecule has 0 bridgehead atoms. The summed E-state index contributed by atoms with van der Waals surface area (Å²) in [7, 11) is -3.03. The van der Waals surface area contributed by atoms with E-state index in [1.165, 1.54) is 12.2 Å². The molecule has 7 heteroatoms. The number of amides is 1. The summed E-state index contributed by atoms with van der Waals surface area (Å²) in [6.45, 7) is 2.51. The largest absolute Gasteiger partial charge is 0.437 e. The second-order valence-electron chi connectivity index (χ2n) is 5.94. The average Bonchev–Trinajstić information content (AvgIpc) is 3.12. The molecule has 0 aliphatic carbocycles. The molecule has 1 aliphatic heterocycles. The molecule has 1 aromatic heterocycles. The van der Waals surface area contributed by atoms with Gasteiger partial charge in [-0.15, -0.1) is 0 Å². The molecule has 2 aromatic rings. The summed E-state index contributed by atoms with van der Waals surface area (Å²) in [6.07, 6.45) is 4.23. The first-order valence-corrected chi connectivity index (χ1v) is 9.85. The number of hydrogen-bond acceptors (Lipinski definition) is 5. The molecule has 1 saturated heterocycles. The van der Waals surface area contributed by atoms with Crippen molar-refractivity contribution in [2.24, 2.45) is 0 Å². The summed E-state index contributed by atoms with van der Waals surface area (Å²) in [6, 6.07) is 7.14. The minimum Gasteiger partial charge on any atom is -0.437 e. The minimum absolute atomic E-state index is 0.0511. The Balaban J connectivity index is 1.75. The number of benzene rings is 1. The van der Waals surface area contributed by atoms with E-state index in [4.69, 9.17) is 4.42 Å². The van der Waals surface area contributed by atoms with Gasteiger partial charge in [-0.05, 0) is 25.0 Å². The van der Waals surface area contributed by atoms with Gasteiger partial charge in [-0.25, -0.2) is 13.4 Å². The highest BCUT2D eigenvalue weighted by Crippen LogP contribution is 2.19. The smallest absolute Gasteiger partial charge is 0.247 e. The van der Waals surface area contributed by atoms with Crippen LogP contribution < -0.4 is 0 Å². The molecular formula is C17H20N2O4S. The molecule has 1 aromatic carbocycles. The maximum absolute atomic E-state index is 12.5. The van der Waals surface area contributed by atoms with Gasteiger partial charge in [-0.3, -0.25) is 4.79 Å². The Labute approximate surface area is 141 Å². The van der Waals surface area contributed by atoms with E-state index in [1.807, 2.05) is 31.2 Å². The van der Waals surface area contributed by atoms with Crippen molar-refractivity contribution in [2.45, 2.75) is 25.8 Å². The zero-order chi connectivity index (χ0) is 17.2. The molecule has 2 heterocycles. The molecular weight excluding hydrogens is 328 g/mol. The molecule has 6 nitrogen and oxygen atoms in total. The number of aromatic nitrogens is 1. The van der Waals surface area contributed by atoms with Crippen LogP contribution >= 0.6 is 0 Å². The fourth-order valence-corrected chi connectivity index (χ4v) is 4.67. The number of sulfone groups is 1. The highest BCUT2D eigenvalue weighted by Gasteiger charge is 2.33. The summed E-state index contributed by atoms with van der Waals surface area (Å²) in [4.78, 5) is 18.4. The SMILES string of the molecule is CCCN(C(=O)/C=C/c1nc2ccccc2o1)C1CCS(=O)(=O)C1. The minimum atomic E-state index is -3.03. The highest BCUT2D eigenvalue weighted by molar-refractivity contribution is 7.91. The second-order valence-corrected chi connectivity index (χ2v) is 8.17. The number of carbonyl (C=O) groups excluding carboxylic acids is 1. The number of para-hydroxylation sites is 2. The first-order valence-electron chi connectivity index (χ1n) is 8.03. The third-order valence-electron chi connectivity index (χ3n) is 4.08. The number of rotatable bonds is 5. The van der Waals surface area contributed by atoms with Crippen LogP contribution in [-0.2, 0) is 14.6 Å². The standard InChI is InChI=1S/C17H20N2O4S/c1-2-10-19(13-9-11-24(21,22)12-13)17(20)8-7-16-18-14-5-3-4-6-15(14)23-16/h3-8,13H,2,9-12H2,1H3/b8-7+. The Kier molecular flexibility index (Phi) is 4.71. The van der Waals surface area contributed by atoms with Crippen molar-refractivity contribution in [2.75, 3.05) is 18.1 Å². The highest BCUT2D eigenvalue weighted by atomic mass is 32.2. The molecule has 3 rings (SSSR count). The van der Waals surface area contributed by atoms with Crippen LogP contribution in [0.3, 0.4) is 0 Å². The molecule has 0 N–H and O–H groups in total. The molecule has 1 amide bonds. The lowest BCUT2D eigenvalue weighted by atomic mass is 10.2. The lowest BCUT2D eigenvalue weighted by molar-refractivity contribution is -0.127. The first kappa shape index (κ1) is 16.7. The molecule has 24 heavy (non-hydrogen) atoms. The third-order valence-corrected chi connectivity index (χ3v) is 5.83. The van der Waals surface area contributed by atoms with Crippen LogP contribution in [0.4, 0.5) is 0 Å². The maximum atomic E-state index is 12.5. The van der Waals surface area contributed by atoms with Crippen LogP contribution in [0, 0.1) is 0 Å². The van der Waals surface area contributed by atoms with Crippen molar-refractivity contribution >= 4 is 32.9 Å². The van der Waals surface area contributed by atoms with Crippen molar-refractivity contribution in [3.63, 3.8) is 0 Å². The van der Waals surface area contributed by atoms with Gasteiger partial charge in [0.15, 0.2) is 15.4 Å². The van der Waals surface area contributed by atoms with Crippen LogP contribution in [0.5, 0.6) is 0 Å². The third kappa shape index (κ3) is 3.67. The summed E-state index contributed by atoms with van der Waals surface area (Å²) < 4.78 is 28.9. The lowest BCUT2D eigenvalue weighted by Crippen LogP contribution is -2.40. The normalized spacial score (nSPS) is 20.0. The van der Waals surface area contributed by atoms with Gasteiger partial charge >= 0.3 is 0 Å². The van der Waals surface area contributed by atoms with E-state index in [9.17, 15) is 13.2 Å². The number of nitrogens with zero attached hydrogens (tertiary/aromatic N) is 2. The van der Waals surface area contributed by atoms with E-state index in [1.54, 1.807) is 4.90 Å². The lowest BCUT2D eigenvalue weighted by Gasteiger charge is -2.26. The van der Waals surface area contributed by atoms with Gasteiger partial charge in [0, 0.05) is 24.7 Å². The van der Waals surface area contributed by atoms with Gasteiger partial charge in [0.05, 0.1) is 11.5 Å². The quantitative estimate of drug-likeness (QED) is 0.774. The topological polar surface area (TPSA) is 80.5 Å². The van der Waals surface area contributed by atoms with Crippen molar-refractivity contribution in [3.05, 3.63) is 36.2 Å². The van der Waals surface area contributed by atoms with Crippen LogP contribution in [0.2, 0.25) is 0 Å². The van der Waals surface area contributed by atoms with Gasteiger partial charge in [0.2, 0.25) is 11.8 Å². The molecule has 1 fully saturated rings. The number of fused-ring (bicyclic) bond motifs is 1. The Morgan fingerprint density at radius 2 is 2.21 bits per heavy atom. The van der Waals surface area contributed by atoms with Gasteiger partial charge in [0.1, 0.15) is 5.52 Å². The van der Waals surface area contributed by atoms with Crippen LogP contribution in [0.25, 0.3) is 17.2 Å².